The van der Waals surface area contributed by atoms with E-state index in [9.17, 15) is 10.1 Å². The van der Waals surface area contributed by atoms with E-state index in [-0.39, 0.29) is 17.4 Å². The van der Waals surface area contributed by atoms with E-state index in [1.807, 2.05) is 6.92 Å². The zero-order chi connectivity index (χ0) is 15.6. The van der Waals surface area contributed by atoms with Gasteiger partial charge < -0.3 is 4.74 Å². The zero-order valence-electron chi connectivity index (χ0n) is 11.3. The second-order valence-electron chi connectivity index (χ2n) is 4.29. The Labute approximate surface area is 134 Å². The van der Waals surface area contributed by atoms with Gasteiger partial charge in [-0.25, -0.2) is 9.97 Å². The van der Waals surface area contributed by atoms with E-state index in [0.717, 1.165) is 5.56 Å². The molecule has 0 N–H and O–H groups in total. The van der Waals surface area contributed by atoms with Gasteiger partial charge in [0.25, 0.3) is 5.69 Å². The van der Waals surface area contributed by atoms with Crippen LogP contribution in [0.2, 0.25) is 5.15 Å². The summed E-state index contributed by atoms with van der Waals surface area (Å²) in [4.78, 5) is 19.0. The minimum atomic E-state index is -0.459. The molecule has 0 fully saturated rings. The van der Waals surface area contributed by atoms with E-state index in [4.69, 9.17) is 16.3 Å². The van der Waals surface area contributed by atoms with Crippen LogP contribution in [0.3, 0.4) is 0 Å². The van der Waals surface area contributed by atoms with E-state index in [2.05, 4.69) is 25.9 Å². The first-order valence-corrected chi connectivity index (χ1v) is 7.07. The highest BCUT2D eigenvalue weighted by atomic mass is 79.9. The summed E-state index contributed by atoms with van der Waals surface area (Å²) in [5.74, 6) is 0.330. The fourth-order valence-corrected chi connectivity index (χ4v) is 2.26. The summed E-state index contributed by atoms with van der Waals surface area (Å²) in [6.07, 6.45) is 0. The molecule has 0 saturated carbocycles. The maximum atomic E-state index is 10.9. The largest absolute Gasteiger partial charge is 0.378 e. The van der Waals surface area contributed by atoms with Gasteiger partial charge in [-0.05, 0) is 28.4 Å². The van der Waals surface area contributed by atoms with Crippen molar-refractivity contribution in [2.24, 2.45) is 0 Å². The van der Waals surface area contributed by atoms with Gasteiger partial charge in [0.1, 0.15) is 5.15 Å². The molecule has 21 heavy (non-hydrogen) atoms. The molecule has 0 unspecified atom stereocenters. The van der Waals surface area contributed by atoms with Gasteiger partial charge in [-0.1, -0.05) is 17.7 Å². The second-order valence-corrected chi connectivity index (χ2v) is 5.44. The van der Waals surface area contributed by atoms with Crippen molar-refractivity contribution in [1.29, 1.82) is 0 Å². The van der Waals surface area contributed by atoms with Gasteiger partial charge in [0.05, 0.1) is 21.7 Å². The molecule has 2 rings (SSSR count). The summed E-state index contributed by atoms with van der Waals surface area (Å²) in [5, 5.41) is 11.1. The Morgan fingerprint density at radius 2 is 2.14 bits per heavy atom. The predicted octanol–water partition coefficient (Wildman–Crippen LogP) is 3.92. The number of halogens is 2. The van der Waals surface area contributed by atoms with Crippen LogP contribution in [-0.4, -0.2) is 22.0 Å². The molecular weight excluding hydrogens is 362 g/mol. The van der Waals surface area contributed by atoms with Crippen molar-refractivity contribution in [1.82, 2.24) is 9.97 Å². The van der Waals surface area contributed by atoms with Crippen LogP contribution in [0, 0.1) is 17.0 Å². The Morgan fingerprint density at radius 3 is 2.76 bits per heavy atom. The number of hydrogen-bond donors (Lipinski definition) is 0. The quantitative estimate of drug-likeness (QED) is 0.462. The standard InChI is InChI=1S/C13H11BrClN3O3/c1-7-3-4-8(18(19)20)5-9(7)13-16-10(6-21-2)11(14)12(15)17-13/h3-5H,6H2,1-2H3. The van der Waals surface area contributed by atoms with E-state index in [0.29, 0.717) is 21.6 Å². The van der Waals surface area contributed by atoms with Crippen LogP contribution in [0.4, 0.5) is 5.69 Å². The van der Waals surface area contributed by atoms with Crippen molar-refractivity contribution in [2.75, 3.05) is 7.11 Å². The van der Waals surface area contributed by atoms with Crippen molar-refractivity contribution < 1.29 is 9.66 Å². The molecule has 0 amide bonds. The Hall–Kier alpha value is -1.57. The molecule has 1 heterocycles. The molecule has 0 aliphatic rings. The van der Waals surface area contributed by atoms with E-state index in [1.165, 1.54) is 12.1 Å². The van der Waals surface area contributed by atoms with Gasteiger partial charge in [0.15, 0.2) is 5.82 Å². The van der Waals surface area contributed by atoms with Crippen molar-refractivity contribution in [3.05, 3.63) is 49.2 Å². The highest BCUT2D eigenvalue weighted by molar-refractivity contribution is 9.10. The molecule has 0 saturated heterocycles. The normalized spacial score (nSPS) is 10.7. The topological polar surface area (TPSA) is 78.2 Å². The number of non-ortho nitro benzene ring substituents is 1. The summed E-state index contributed by atoms with van der Waals surface area (Å²) in [6.45, 7) is 2.08. The lowest BCUT2D eigenvalue weighted by molar-refractivity contribution is -0.384. The van der Waals surface area contributed by atoms with Crippen molar-refractivity contribution in [3.63, 3.8) is 0 Å². The van der Waals surface area contributed by atoms with Gasteiger partial charge in [0, 0.05) is 24.8 Å². The number of nitro groups is 1. The lowest BCUT2D eigenvalue weighted by Crippen LogP contribution is -2.01. The summed E-state index contributed by atoms with van der Waals surface area (Å²) >= 11 is 9.37. The van der Waals surface area contributed by atoms with Crippen molar-refractivity contribution in [2.45, 2.75) is 13.5 Å². The number of benzene rings is 1. The summed E-state index contributed by atoms with van der Waals surface area (Å²) in [5.41, 5.74) is 1.95. The maximum absolute atomic E-state index is 10.9. The third-order valence-corrected chi connectivity index (χ3v) is 4.17. The number of aryl methyl sites for hydroxylation is 1. The zero-order valence-corrected chi connectivity index (χ0v) is 13.6. The van der Waals surface area contributed by atoms with Gasteiger partial charge >= 0.3 is 0 Å². The SMILES string of the molecule is COCc1nc(-c2cc([N+](=O)[O-])ccc2C)nc(Cl)c1Br. The molecule has 8 heteroatoms. The van der Waals surface area contributed by atoms with Crippen LogP contribution in [-0.2, 0) is 11.3 Å². The van der Waals surface area contributed by atoms with Crippen LogP contribution >= 0.6 is 27.5 Å². The molecule has 1 aromatic carbocycles. The Balaban J connectivity index is 2.61. The fourth-order valence-electron chi connectivity index (χ4n) is 1.78. The minimum Gasteiger partial charge on any atom is -0.378 e. The Kier molecular flexibility index (Phi) is 4.87. The first kappa shape index (κ1) is 15.8. The van der Waals surface area contributed by atoms with Gasteiger partial charge in [-0.2, -0.15) is 0 Å². The highest BCUT2D eigenvalue weighted by Crippen LogP contribution is 2.30. The third-order valence-electron chi connectivity index (χ3n) is 2.83. The monoisotopic (exact) mass is 371 g/mol. The maximum Gasteiger partial charge on any atom is 0.270 e. The lowest BCUT2D eigenvalue weighted by atomic mass is 10.1. The summed E-state index contributed by atoms with van der Waals surface area (Å²) < 4.78 is 5.61. The summed E-state index contributed by atoms with van der Waals surface area (Å²) in [7, 11) is 1.54. The van der Waals surface area contributed by atoms with E-state index < -0.39 is 4.92 Å². The molecule has 0 atom stereocenters. The van der Waals surface area contributed by atoms with Crippen molar-refractivity contribution in [3.8, 4) is 11.4 Å². The first-order chi connectivity index (χ1) is 9.93. The minimum absolute atomic E-state index is 0.0217. The highest BCUT2D eigenvalue weighted by Gasteiger charge is 2.16. The van der Waals surface area contributed by atoms with Gasteiger partial charge in [-0.3, -0.25) is 10.1 Å². The number of aromatic nitrogens is 2. The molecular formula is C13H11BrClN3O3. The van der Waals surface area contributed by atoms with Gasteiger partial charge in [-0.15, -0.1) is 0 Å². The van der Waals surface area contributed by atoms with Gasteiger partial charge in [0.2, 0.25) is 0 Å². The van der Waals surface area contributed by atoms with Crippen LogP contribution in [0.15, 0.2) is 22.7 Å². The average molecular weight is 373 g/mol. The molecule has 0 bridgehead atoms. The number of hydrogen-bond acceptors (Lipinski definition) is 5. The molecule has 0 aliphatic heterocycles. The third kappa shape index (κ3) is 3.37. The number of methoxy groups -OCH3 is 1. The van der Waals surface area contributed by atoms with Crippen LogP contribution in [0.25, 0.3) is 11.4 Å². The lowest BCUT2D eigenvalue weighted by Gasteiger charge is -2.09. The van der Waals surface area contributed by atoms with Crippen LogP contribution < -0.4 is 0 Å². The fraction of sp³-hybridized carbons (Fsp3) is 0.231. The number of nitrogens with zero attached hydrogens (tertiary/aromatic N) is 3. The average Bonchev–Trinajstić information content (AvgIpc) is 2.44. The van der Waals surface area contributed by atoms with E-state index in [1.54, 1.807) is 13.2 Å². The number of ether oxygens (including phenoxy) is 1. The molecule has 2 aromatic rings. The number of nitro benzene ring substituents is 1. The number of rotatable bonds is 4. The van der Waals surface area contributed by atoms with Crippen molar-refractivity contribution >= 4 is 33.2 Å². The molecule has 0 aliphatic carbocycles. The smallest absolute Gasteiger partial charge is 0.270 e. The Morgan fingerprint density at radius 1 is 1.43 bits per heavy atom. The first-order valence-electron chi connectivity index (χ1n) is 5.90. The molecule has 6 nitrogen and oxygen atoms in total. The molecule has 110 valence electrons. The summed E-state index contributed by atoms with van der Waals surface area (Å²) in [6, 6.07) is 4.53. The second kappa shape index (κ2) is 6.46. The molecule has 0 radical (unpaired) electrons. The predicted molar refractivity (Wildman–Crippen MR) is 82.3 cm³/mol. The molecule has 1 aromatic heterocycles. The van der Waals surface area contributed by atoms with Crippen LogP contribution in [0.1, 0.15) is 11.3 Å². The molecule has 0 spiro atoms. The Bertz CT molecular complexity index is 709. The van der Waals surface area contributed by atoms with E-state index >= 15 is 0 Å². The van der Waals surface area contributed by atoms with Crippen LogP contribution in [0.5, 0.6) is 0 Å².